The third-order valence-corrected chi connectivity index (χ3v) is 7.04. The van der Waals surface area contributed by atoms with Crippen molar-refractivity contribution in [3.05, 3.63) is 12.3 Å². The molecule has 0 aromatic heterocycles. The number of amides is 1. The van der Waals surface area contributed by atoms with E-state index in [0.29, 0.717) is 12.5 Å². The summed E-state index contributed by atoms with van der Waals surface area (Å²) in [6, 6.07) is 0.403. The van der Waals surface area contributed by atoms with E-state index in [1.807, 2.05) is 19.2 Å². The number of fused-ring (bicyclic) bond motifs is 1. The Bertz CT molecular complexity index is 675. The van der Waals surface area contributed by atoms with Gasteiger partial charge in [-0.2, -0.15) is 0 Å². The van der Waals surface area contributed by atoms with Crippen LogP contribution in [0.1, 0.15) is 52.4 Å². The molecule has 2 fully saturated rings. The van der Waals surface area contributed by atoms with Crippen LogP contribution in [0, 0.1) is 11.8 Å². The molecule has 0 aromatic carbocycles. The van der Waals surface area contributed by atoms with Crippen molar-refractivity contribution in [3.8, 4) is 0 Å². The van der Waals surface area contributed by atoms with Crippen molar-refractivity contribution < 1.29 is 9.63 Å². The van der Waals surface area contributed by atoms with E-state index in [0.717, 1.165) is 50.8 Å². The number of nitrogens with zero attached hydrogens (tertiary/aromatic N) is 4. The zero-order chi connectivity index (χ0) is 20.3. The van der Waals surface area contributed by atoms with Gasteiger partial charge < -0.3 is 15.1 Å². The topological polar surface area (TPSA) is 69.5 Å². The molecule has 1 aliphatic carbocycles. The Hall–Kier alpha value is -1.89. The van der Waals surface area contributed by atoms with Gasteiger partial charge in [-0.3, -0.25) is 14.7 Å². The molecule has 4 rings (SSSR count). The third-order valence-electron chi connectivity index (χ3n) is 7.04. The van der Waals surface area contributed by atoms with Crippen LogP contribution >= 0.6 is 0 Å². The number of carbonyl (C=O) groups is 1. The molecular weight excluding hydrogens is 366 g/mol. The van der Waals surface area contributed by atoms with Crippen molar-refractivity contribution in [1.29, 1.82) is 0 Å². The molecule has 0 aromatic rings. The van der Waals surface area contributed by atoms with Crippen LogP contribution in [0.15, 0.2) is 22.4 Å². The van der Waals surface area contributed by atoms with Crippen LogP contribution in [0.4, 0.5) is 0 Å². The highest BCUT2D eigenvalue weighted by atomic mass is 16.7. The van der Waals surface area contributed by atoms with Gasteiger partial charge in [-0.1, -0.05) is 12.1 Å². The average Bonchev–Trinajstić information content (AvgIpc) is 3.11. The lowest BCUT2D eigenvalue weighted by Crippen LogP contribution is -2.52. The number of hydrogen-bond acceptors (Lipinski definition) is 6. The Morgan fingerprint density at radius 3 is 2.72 bits per heavy atom. The molecule has 0 radical (unpaired) electrons. The zero-order valence-electron chi connectivity index (χ0n) is 17.8. The van der Waals surface area contributed by atoms with E-state index in [9.17, 15) is 4.79 Å². The molecule has 7 heteroatoms. The van der Waals surface area contributed by atoms with E-state index in [4.69, 9.17) is 4.84 Å². The number of nitrogens with one attached hydrogen (secondary N) is 1. The number of rotatable bonds is 5. The first kappa shape index (κ1) is 20.4. The number of oxime groups is 1. The number of amidine groups is 1. The van der Waals surface area contributed by atoms with Crippen molar-refractivity contribution in [2.24, 2.45) is 22.0 Å². The van der Waals surface area contributed by atoms with E-state index in [-0.39, 0.29) is 17.4 Å². The molecule has 0 bridgehead atoms. The fourth-order valence-corrected chi connectivity index (χ4v) is 4.94. The second-order valence-electron chi connectivity index (χ2n) is 9.07. The van der Waals surface area contributed by atoms with Gasteiger partial charge in [0, 0.05) is 51.1 Å². The largest absolute Gasteiger partial charge is 0.383 e. The number of piperazine rings is 1. The van der Waals surface area contributed by atoms with E-state index < -0.39 is 0 Å². The molecule has 1 N–H and O–H groups in total. The van der Waals surface area contributed by atoms with E-state index >= 15 is 0 Å². The normalized spacial score (nSPS) is 34.5. The summed E-state index contributed by atoms with van der Waals surface area (Å²) in [4.78, 5) is 26.6. The van der Waals surface area contributed by atoms with Gasteiger partial charge in [-0.15, -0.1) is 0 Å². The Kier molecular flexibility index (Phi) is 6.23. The van der Waals surface area contributed by atoms with Gasteiger partial charge in [-0.05, 0) is 57.6 Å². The summed E-state index contributed by atoms with van der Waals surface area (Å²) in [5.41, 5.74) is -0.371. The van der Waals surface area contributed by atoms with Gasteiger partial charge in [0.15, 0.2) is 11.4 Å². The van der Waals surface area contributed by atoms with Crippen LogP contribution < -0.4 is 5.32 Å². The van der Waals surface area contributed by atoms with Crippen LogP contribution in [0.2, 0.25) is 0 Å². The molecule has 4 aliphatic rings. The zero-order valence-corrected chi connectivity index (χ0v) is 17.8. The van der Waals surface area contributed by atoms with E-state index in [1.54, 1.807) is 6.20 Å². The van der Waals surface area contributed by atoms with Crippen molar-refractivity contribution in [2.75, 3.05) is 32.7 Å². The molecule has 7 nitrogen and oxygen atoms in total. The van der Waals surface area contributed by atoms with Gasteiger partial charge in [0.2, 0.25) is 5.91 Å². The number of carbonyl (C=O) groups excluding carboxylic acids is 1. The summed E-state index contributed by atoms with van der Waals surface area (Å²) < 4.78 is 0. The first-order valence-corrected chi connectivity index (χ1v) is 11.3. The predicted octanol–water partition coefficient (Wildman–Crippen LogP) is 2.40. The molecule has 0 spiro atoms. The van der Waals surface area contributed by atoms with E-state index in [1.165, 1.54) is 25.8 Å². The molecule has 3 aliphatic heterocycles. The molecule has 3 heterocycles. The summed E-state index contributed by atoms with van der Waals surface area (Å²) in [6.07, 6.45) is 12.4. The number of hydrogen-bond donors (Lipinski definition) is 1. The van der Waals surface area contributed by atoms with Crippen molar-refractivity contribution in [2.45, 2.75) is 64.0 Å². The lowest BCUT2D eigenvalue weighted by Gasteiger charge is -2.38. The van der Waals surface area contributed by atoms with E-state index in [2.05, 4.69) is 32.2 Å². The molecule has 1 saturated carbocycles. The van der Waals surface area contributed by atoms with Gasteiger partial charge in [-0.25, -0.2) is 0 Å². The second kappa shape index (κ2) is 8.86. The van der Waals surface area contributed by atoms with Gasteiger partial charge in [0.1, 0.15) is 5.92 Å². The third kappa shape index (κ3) is 4.65. The first-order valence-electron chi connectivity index (χ1n) is 11.3. The lowest BCUT2D eigenvalue weighted by atomic mass is 9.84. The van der Waals surface area contributed by atoms with Crippen LogP contribution in [-0.2, 0) is 9.63 Å². The van der Waals surface area contributed by atoms with Crippen LogP contribution in [-0.4, -0.2) is 72.1 Å². The maximum atomic E-state index is 11.6. The first-order chi connectivity index (χ1) is 14.1. The fourth-order valence-electron chi connectivity index (χ4n) is 4.94. The van der Waals surface area contributed by atoms with Crippen molar-refractivity contribution in [3.63, 3.8) is 0 Å². The quantitative estimate of drug-likeness (QED) is 0.768. The summed E-state index contributed by atoms with van der Waals surface area (Å²) in [5, 5.41) is 7.56. The summed E-state index contributed by atoms with van der Waals surface area (Å²) in [7, 11) is 0. The molecule has 2 unspecified atom stereocenters. The van der Waals surface area contributed by atoms with Crippen LogP contribution in [0.3, 0.4) is 0 Å². The molecule has 2 atom stereocenters. The van der Waals surface area contributed by atoms with Crippen LogP contribution in [0.5, 0.6) is 0 Å². The van der Waals surface area contributed by atoms with Gasteiger partial charge in [0.05, 0.1) is 0 Å². The Morgan fingerprint density at radius 1 is 1.24 bits per heavy atom. The predicted molar refractivity (Wildman–Crippen MR) is 115 cm³/mol. The van der Waals surface area contributed by atoms with Crippen molar-refractivity contribution in [1.82, 2.24) is 15.1 Å². The Balaban J connectivity index is 1.17. The molecular formula is C22H35N5O2. The monoisotopic (exact) mass is 401 g/mol. The minimum Gasteiger partial charge on any atom is -0.383 e. The maximum Gasteiger partial charge on any atom is 0.219 e. The Labute approximate surface area is 174 Å². The number of aliphatic imine (C=N–C) groups is 1. The average molecular weight is 402 g/mol. The highest BCUT2D eigenvalue weighted by molar-refractivity contribution is 6.00. The highest BCUT2D eigenvalue weighted by Crippen LogP contribution is 2.34. The van der Waals surface area contributed by atoms with Crippen LogP contribution in [0.25, 0.3) is 0 Å². The van der Waals surface area contributed by atoms with Gasteiger partial charge in [0.25, 0.3) is 0 Å². The molecule has 1 saturated heterocycles. The standard InChI is InChI=1S/C22H35N5O2/c1-3-20(28)24-18-6-4-17(5-7-18)8-11-26-12-14-27(15-13-26)21-19-16-23-10-9-22(19,2)29-25-21/h9-10,16-19H,3-8,11-15H2,1-2H3,(H,24,28). The minimum atomic E-state index is -0.371. The second-order valence-corrected chi connectivity index (χ2v) is 9.07. The SMILES string of the molecule is CCC(=O)NC1CCC(CCN2CCN(C3=NOC4(C)C=CN=CC34)CC2)CC1. The molecule has 160 valence electrons. The summed E-state index contributed by atoms with van der Waals surface area (Å²) in [6.45, 7) is 9.34. The Morgan fingerprint density at radius 2 is 2.00 bits per heavy atom. The van der Waals surface area contributed by atoms with Crippen molar-refractivity contribution >= 4 is 18.0 Å². The minimum absolute atomic E-state index is 0.127. The summed E-state index contributed by atoms with van der Waals surface area (Å²) >= 11 is 0. The highest BCUT2D eigenvalue weighted by Gasteiger charge is 2.46. The smallest absolute Gasteiger partial charge is 0.219 e. The molecule has 29 heavy (non-hydrogen) atoms. The lowest BCUT2D eigenvalue weighted by molar-refractivity contribution is -0.121. The molecule has 1 amide bonds. The van der Waals surface area contributed by atoms with Gasteiger partial charge >= 0.3 is 0 Å². The fraction of sp³-hybridized carbons (Fsp3) is 0.773. The maximum absolute atomic E-state index is 11.6. The summed E-state index contributed by atoms with van der Waals surface area (Å²) in [5.74, 6) is 2.16.